The predicted octanol–water partition coefficient (Wildman–Crippen LogP) is 3.76. The highest BCUT2D eigenvalue weighted by Crippen LogP contribution is 2.29. The molecule has 7 heteroatoms. The van der Waals surface area contributed by atoms with Gasteiger partial charge < -0.3 is 20.1 Å². The molecule has 134 valence electrons. The highest BCUT2D eigenvalue weighted by Gasteiger charge is 2.08. The van der Waals surface area contributed by atoms with Crippen LogP contribution < -0.4 is 20.1 Å². The smallest absolute Gasteiger partial charge is 0.175 e. The number of ether oxygens (including phenoxy) is 2. The summed E-state index contributed by atoms with van der Waals surface area (Å²) in [5, 5.41) is 11.0. The number of nitrogens with one attached hydrogen (secondary N) is 2. The SMILES string of the molecule is COc1ccc(OC)c(NC(=S)Nc2cnn(Cc3ccccc3)c2)c1. The summed E-state index contributed by atoms with van der Waals surface area (Å²) in [6.07, 6.45) is 3.64. The normalized spacial score (nSPS) is 10.2. The summed E-state index contributed by atoms with van der Waals surface area (Å²) < 4.78 is 12.4. The number of hydrogen-bond acceptors (Lipinski definition) is 4. The third kappa shape index (κ3) is 4.52. The Bertz CT molecular complexity index is 880. The molecule has 0 saturated carbocycles. The average Bonchev–Trinajstić information content (AvgIpc) is 3.09. The highest BCUT2D eigenvalue weighted by molar-refractivity contribution is 7.80. The second kappa shape index (κ2) is 8.35. The molecule has 0 radical (unpaired) electrons. The Labute approximate surface area is 157 Å². The number of anilines is 2. The van der Waals surface area contributed by atoms with Gasteiger partial charge in [0.15, 0.2) is 5.11 Å². The fourth-order valence-electron chi connectivity index (χ4n) is 2.48. The van der Waals surface area contributed by atoms with Crippen molar-refractivity contribution in [3.05, 3.63) is 66.5 Å². The van der Waals surface area contributed by atoms with Crippen molar-refractivity contribution in [2.75, 3.05) is 24.9 Å². The summed E-state index contributed by atoms with van der Waals surface area (Å²) in [5.41, 5.74) is 2.71. The predicted molar refractivity (Wildman–Crippen MR) is 107 cm³/mol. The van der Waals surface area contributed by atoms with E-state index in [0.717, 1.165) is 11.4 Å². The number of benzene rings is 2. The number of aromatic nitrogens is 2. The monoisotopic (exact) mass is 368 g/mol. The van der Waals surface area contributed by atoms with Crippen LogP contribution in [0.2, 0.25) is 0 Å². The maximum atomic E-state index is 5.39. The fraction of sp³-hybridized carbons (Fsp3) is 0.158. The minimum absolute atomic E-state index is 0.441. The van der Waals surface area contributed by atoms with E-state index in [1.54, 1.807) is 20.4 Å². The van der Waals surface area contributed by atoms with Crippen LogP contribution in [0.4, 0.5) is 11.4 Å². The first-order valence-corrected chi connectivity index (χ1v) is 8.45. The van der Waals surface area contributed by atoms with E-state index in [0.29, 0.717) is 23.2 Å². The molecule has 0 aliphatic rings. The first-order valence-electron chi connectivity index (χ1n) is 8.04. The number of hydrogen-bond donors (Lipinski definition) is 2. The number of rotatable bonds is 6. The quantitative estimate of drug-likeness (QED) is 0.646. The van der Waals surface area contributed by atoms with E-state index in [2.05, 4.69) is 27.9 Å². The van der Waals surface area contributed by atoms with Crippen molar-refractivity contribution in [3.63, 3.8) is 0 Å². The van der Waals surface area contributed by atoms with Gasteiger partial charge in [0.2, 0.25) is 0 Å². The second-order valence-corrected chi connectivity index (χ2v) is 5.97. The molecule has 0 saturated heterocycles. The van der Waals surface area contributed by atoms with Crippen LogP contribution in [0.15, 0.2) is 60.9 Å². The Morgan fingerprint density at radius 2 is 1.88 bits per heavy atom. The van der Waals surface area contributed by atoms with Gasteiger partial charge in [0.25, 0.3) is 0 Å². The van der Waals surface area contributed by atoms with E-state index in [1.807, 2.05) is 47.3 Å². The molecular formula is C19H20N4O2S. The molecule has 3 rings (SSSR count). The van der Waals surface area contributed by atoms with Crippen LogP contribution in [0.3, 0.4) is 0 Å². The average molecular weight is 368 g/mol. The van der Waals surface area contributed by atoms with E-state index in [9.17, 15) is 0 Å². The van der Waals surface area contributed by atoms with Crippen molar-refractivity contribution in [2.45, 2.75) is 6.54 Å². The Balaban J connectivity index is 1.64. The van der Waals surface area contributed by atoms with Gasteiger partial charge in [0.05, 0.1) is 38.3 Å². The first-order chi connectivity index (χ1) is 12.7. The molecule has 0 fully saturated rings. The number of thiocarbonyl (C=S) groups is 1. The van der Waals surface area contributed by atoms with Crippen molar-refractivity contribution < 1.29 is 9.47 Å². The zero-order valence-electron chi connectivity index (χ0n) is 14.6. The van der Waals surface area contributed by atoms with Crippen LogP contribution in [0.25, 0.3) is 0 Å². The van der Waals surface area contributed by atoms with E-state index in [1.165, 1.54) is 5.56 Å². The van der Waals surface area contributed by atoms with Crippen molar-refractivity contribution >= 4 is 28.7 Å². The Morgan fingerprint density at radius 1 is 1.08 bits per heavy atom. The van der Waals surface area contributed by atoms with Gasteiger partial charge in [-0.05, 0) is 29.9 Å². The molecule has 0 aliphatic heterocycles. The van der Waals surface area contributed by atoms with Crippen molar-refractivity contribution in [1.29, 1.82) is 0 Å². The molecule has 0 amide bonds. The molecular weight excluding hydrogens is 348 g/mol. The van der Waals surface area contributed by atoms with Gasteiger partial charge in [-0.1, -0.05) is 30.3 Å². The van der Waals surface area contributed by atoms with Gasteiger partial charge in [-0.15, -0.1) is 0 Å². The molecule has 1 heterocycles. The molecule has 2 N–H and O–H groups in total. The van der Waals surface area contributed by atoms with Crippen molar-refractivity contribution in [2.24, 2.45) is 0 Å². The minimum atomic E-state index is 0.441. The van der Waals surface area contributed by atoms with Crippen LogP contribution in [0, 0.1) is 0 Å². The molecule has 26 heavy (non-hydrogen) atoms. The second-order valence-electron chi connectivity index (χ2n) is 5.56. The molecule has 0 bridgehead atoms. The maximum absolute atomic E-state index is 5.39. The fourth-order valence-corrected chi connectivity index (χ4v) is 2.71. The number of methoxy groups -OCH3 is 2. The summed E-state index contributed by atoms with van der Waals surface area (Å²) in [5.74, 6) is 1.39. The zero-order valence-corrected chi connectivity index (χ0v) is 15.4. The molecule has 1 aromatic heterocycles. The van der Waals surface area contributed by atoms with Gasteiger partial charge in [-0.25, -0.2) is 0 Å². The van der Waals surface area contributed by atoms with E-state index >= 15 is 0 Å². The maximum Gasteiger partial charge on any atom is 0.175 e. The largest absolute Gasteiger partial charge is 0.497 e. The summed E-state index contributed by atoms with van der Waals surface area (Å²) in [6.45, 7) is 0.701. The molecule has 0 atom stereocenters. The Morgan fingerprint density at radius 3 is 2.62 bits per heavy atom. The van der Waals surface area contributed by atoms with Crippen LogP contribution in [-0.2, 0) is 6.54 Å². The van der Waals surface area contributed by atoms with Crippen molar-refractivity contribution in [3.8, 4) is 11.5 Å². The summed E-state index contributed by atoms with van der Waals surface area (Å²) in [4.78, 5) is 0. The molecule has 0 unspecified atom stereocenters. The lowest BCUT2D eigenvalue weighted by Gasteiger charge is -2.13. The highest BCUT2D eigenvalue weighted by atomic mass is 32.1. The third-order valence-electron chi connectivity index (χ3n) is 3.73. The minimum Gasteiger partial charge on any atom is -0.497 e. The van der Waals surface area contributed by atoms with Gasteiger partial charge in [0, 0.05) is 12.3 Å². The van der Waals surface area contributed by atoms with Gasteiger partial charge in [0.1, 0.15) is 11.5 Å². The summed E-state index contributed by atoms with van der Waals surface area (Å²) >= 11 is 5.39. The van der Waals surface area contributed by atoms with Crippen LogP contribution in [-0.4, -0.2) is 29.1 Å². The molecule has 0 aliphatic carbocycles. The molecule has 3 aromatic rings. The molecule has 2 aromatic carbocycles. The molecule has 0 spiro atoms. The lowest BCUT2D eigenvalue weighted by molar-refractivity contribution is 0.405. The van der Waals surface area contributed by atoms with Crippen molar-refractivity contribution in [1.82, 2.24) is 9.78 Å². The Hall–Kier alpha value is -3.06. The van der Waals surface area contributed by atoms with E-state index in [-0.39, 0.29) is 0 Å². The zero-order chi connectivity index (χ0) is 18.4. The van der Waals surface area contributed by atoms with Crippen LogP contribution in [0.1, 0.15) is 5.56 Å². The Kier molecular flexibility index (Phi) is 5.70. The van der Waals surface area contributed by atoms with Gasteiger partial charge in [-0.3, -0.25) is 4.68 Å². The van der Waals surface area contributed by atoms with Gasteiger partial charge >= 0.3 is 0 Å². The molecule has 6 nitrogen and oxygen atoms in total. The summed E-state index contributed by atoms with van der Waals surface area (Å²) in [6, 6.07) is 15.6. The first kappa shape index (κ1) is 17.8. The van der Waals surface area contributed by atoms with E-state index < -0.39 is 0 Å². The third-order valence-corrected chi connectivity index (χ3v) is 3.94. The van der Waals surface area contributed by atoms with Crippen LogP contribution in [0.5, 0.6) is 11.5 Å². The number of nitrogens with zero attached hydrogens (tertiary/aromatic N) is 2. The van der Waals surface area contributed by atoms with E-state index in [4.69, 9.17) is 21.7 Å². The standard InChI is InChI=1S/C19H20N4O2S/c1-24-16-8-9-18(25-2)17(10-16)22-19(26)21-15-11-20-23(13-15)12-14-6-4-3-5-7-14/h3-11,13H,12H2,1-2H3,(H2,21,22,26). The van der Waals surface area contributed by atoms with Gasteiger partial charge in [-0.2, -0.15) is 5.10 Å². The lowest BCUT2D eigenvalue weighted by atomic mass is 10.2. The summed E-state index contributed by atoms with van der Waals surface area (Å²) in [7, 11) is 3.22. The van der Waals surface area contributed by atoms with Crippen LogP contribution >= 0.6 is 12.2 Å². The lowest BCUT2D eigenvalue weighted by Crippen LogP contribution is -2.19. The topological polar surface area (TPSA) is 60.3 Å².